The van der Waals surface area contributed by atoms with Gasteiger partial charge in [-0.05, 0) is 32.1 Å². The molecule has 17 heavy (non-hydrogen) atoms. The fraction of sp³-hybridized carbons (Fsp3) is 0.812. The normalized spacial score (nSPS) is 12.8. The molecule has 0 aromatic heterocycles. The van der Waals surface area contributed by atoms with Crippen LogP contribution in [0, 0.1) is 11.8 Å². The molecule has 1 atom stereocenters. The number of rotatable bonds is 10. The van der Waals surface area contributed by atoms with Gasteiger partial charge in [-0.25, -0.2) is 0 Å². The maximum Gasteiger partial charge on any atom is 0.132 e. The fourth-order valence-electron chi connectivity index (χ4n) is 2.16. The number of hydrogen-bond donors (Lipinski definition) is 0. The Labute approximate surface area is 108 Å². The van der Waals surface area contributed by atoms with E-state index in [-0.39, 0.29) is 11.7 Å². The molecule has 100 valence electrons. The smallest absolute Gasteiger partial charge is 0.132 e. The van der Waals surface area contributed by atoms with Crippen LogP contribution < -0.4 is 0 Å². The van der Waals surface area contributed by atoms with Crippen LogP contribution in [-0.4, -0.2) is 5.78 Å². The third kappa shape index (κ3) is 7.36. The summed E-state index contributed by atoms with van der Waals surface area (Å²) >= 11 is 0. The van der Waals surface area contributed by atoms with Crippen LogP contribution in [0.25, 0.3) is 0 Å². The first-order valence-electron chi connectivity index (χ1n) is 7.20. The van der Waals surface area contributed by atoms with Crippen LogP contribution in [0.4, 0.5) is 0 Å². The lowest BCUT2D eigenvalue weighted by Gasteiger charge is -2.21. The van der Waals surface area contributed by atoms with E-state index in [2.05, 4.69) is 20.4 Å². The molecule has 0 heterocycles. The predicted octanol–water partition coefficient (Wildman–Crippen LogP) is 5.15. The summed E-state index contributed by atoms with van der Waals surface area (Å²) in [6.07, 6.45) is 8.44. The minimum atomic E-state index is 0.147. The highest BCUT2D eigenvalue weighted by Gasteiger charge is 2.16. The van der Waals surface area contributed by atoms with Crippen LogP contribution in [-0.2, 0) is 4.79 Å². The molecule has 0 radical (unpaired) electrons. The minimum Gasteiger partial charge on any atom is -0.300 e. The number of Topliss-reactive ketones (excluding diaryl/α,β-unsaturated/α-hetero) is 1. The molecule has 0 fully saturated rings. The topological polar surface area (TPSA) is 17.1 Å². The van der Waals surface area contributed by atoms with Gasteiger partial charge in [-0.3, -0.25) is 4.79 Å². The van der Waals surface area contributed by atoms with Gasteiger partial charge < -0.3 is 0 Å². The molecule has 0 aliphatic rings. The van der Waals surface area contributed by atoms with E-state index in [1.807, 2.05) is 6.92 Å². The van der Waals surface area contributed by atoms with Gasteiger partial charge in [0.05, 0.1) is 0 Å². The van der Waals surface area contributed by atoms with Crippen molar-refractivity contribution >= 4 is 5.78 Å². The zero-order valence-corrected chi connectivity index (χ0v) is 12.2. The van der Waals surface area contributed by atoms with Crippen molar-refractivity contribution in [2.24, 2.45) is 11.8 Å². The Morgan fingerprint density at radius 3 is 1.94 bits per heavy atom. The molecule has 1 heteroatoms. The zero-order valence-electron chi connectivity index (χ0n) is 12.2. The number of allylic oxidation sites excluding steroid dienone is 1. The summed E-state index contributed by atoms with van der Waals surface area (Å²) in [6.45, 7) is 12.4. The summed E-state index contributed by atoms with van der Waals surface area (Å²) in [4.78, 5) is 11.3. The molecular weight excluding hydrogens is 208 g/mol. The monoisotopic (exact) mass is 238 g/mol. The largest absolute Gasteiger partial charge is 0.300 e. The first kappa shape index (κ1) is 16.4. The molecule has 0 N–H and O–H groups in total. The van der Waals surface area contributed by atoms with Gasteiger partial charge in [0.1, 0.15) is 5.78 Å². The van der Waals surface area contributed by atoms with E-state index >= 15 is 0 Å². The Kier molecular flexibility index (Phi) is 9.11. The minimum absolute atomic E-state index is 0.147. The van der Waals surface area contributed by atoms with Crippen molar-refractivity contribution in [3.05, 3.63) is 12.2 Å². The first-order valence-corrected chi connectivity index (χ1v) is 7.20. The van der Waals surface area contributed by atoms with Gasteiger partial charge in [0.15, 0.2) is 0 Å². The standard InChI is InChI=1S/C16H30O/c1-6-8-10-16(11-9-7-2)14(4)12-13(3)15(5)17/h13,16H,4,6-12H2,1-3,5H3. The average molecular weight is 238 g/mol. The molecule has 0 aliphatic heterocycles. The summed E-state index contributed by atoms with van der Waals surface area (Å²) in [7, 11) is 0. The van der Waals surface area contributed by atoms with Gasteiger partial charge in [-0.1, -0.05) is 58.6 Å². The van der Waals surface area contributed by atoms with Crippen molar-refractivity contribution in [2.45, 2.75) is 72.6 Å². The van der Waals surface area contributed by atoms with E-state index in [1.54, 1.807) is 6.92 Å². The number of carbonyl (C=O) groups is 1. The Morgan fingerprint density at radius 1 is 1.12 bits per heavy atom. The van der Waals surface area contributed by atoms with Gasteiger partial charge >= 0.3 is 0 Å². The number of ketones is 1. The molecule has 0 saturated carbocycles. The molecular formula is C16H30O. The van der Waals surface area contributed by atoms with Crippen LogP contribution >= 0.6 is 0 Å². The Bertz CT molecular complexity index is 222. The SMILES string of the molecule is C=C(CC(C)C(C)=O)C(CCCC)CCCC. The lowest BCUT2D eigenvalue weighted by Crippen LogP contribution is -2.12. The molecule has 0 aromatic carbocycles. The highest BCUT2D eigenvalue weighted by Crippen LogP contribution is 2.27. The average Bonchev–Trinajstić information content (AvgIpc) is 2.28. The second kappa shape index (κ2) is 9.44. The number of carbonyl (C=O) groups excluding carboxylic acids is 1. The van der Waals surface area contributed by atoms with Crippen LogP contribution in [0.5, 0.6) is 0 Å². The number of hydrogen-bond acceptors (Lipinski definition) is 1. The molecule has 0 bridgehead atoms. The van der Waals surface area contributed by atoms with Gasteiger partial charge in [0.25, 0.3) is 0 Å². The Morgan fingerprint density at radius 2 is 1.59 bits per heavy atom. The summed E-state index contributed by atoms with van der Waals surface area (Å²) in [5, 5.41) is 0. The fourth-order valence-corrected chi connectivity index (χ4v) is 2.16. The summed E-state index contributed by atoms with van der Waals surface area (Å²) in [6, 6.07) is 0. The molecule has 1 unspecified atom stereocenters. The van der Waals surface area contributed by atoms with Crippen LogP contribution in [0.2, 0.25) is 0 Å². The molecule has 0 rings (SSSR count). The van der Waals surface area contributed by atoms with Gasteiger partial charge in [0, 0.05) is 5.92 Å². The number of unbranched alkanes of at least 4 members (excludes halogenated alkanes) is 2. The highest BCUT2D eigenvalue weighted by molar-refractivity contribution is 5.78. The van der Waals surface area contributed by atoms with E-state index in [4.69, 9.17) is 0 Å². The quantitative estimate of drug-likeness (QED) is 0.481. The third-order valence-corrected chi connectivity index (χ3v) is 3.65. The van der Waals surface area contributed by atoms with Crippen molar-refractivity contribution in [2.75, 3.05) is 0 Å². The lowest BCUT2D eigenvalue weighted by molar-refractivity contribution is -0.120. The third-order valence-electron chi connectivity index (χ3n) is 3.65. The molecule has 0 spiro atoms. The highest BCUT2D eigenvalue weighted by atomic mass is 16.1. The van der Waals surface area contributed by atoms with E-state index in [0.29, 0.717) is 5.92 Å². The summed E-state index contributed by atoms with van der Waals surface area (Å²) in [5.74, 6) is 1.07. The molecule has 1 nitrogen and oxygen atoms in total. The van der Waals surface area contributed by atoms with Crippen LogP contribution in [0.15, 0.2) is 12.2 Å². The molecule has 0 amide bonds. The van der Waals surface area contributed by atoms with Gasteiger partial charge in [0.2, 0.25) is 0 Å². The van der Waals surface area contributed by atoms with Crippen molar-refractivity contribution in [1.82, 2.24) is 0 Å². The van der Waals surface area contributed by atoms with Crippen LogP contribution in [0.3, 0.4) is 0 Å². The van der Waals surface area contributed by atoms with E-state index in [9.17, 15) is 4.79 Å². The molecule has 0 aliphatic carbocycles. The van der Waals surface area contributed by atoms with Gasteiger partial charge in [-0.2, -0.15) is 0 Å². The van der Waals surface area contributed by atoms with Crippen molar-refractivity contribution in [1.29, 1.82) is 0 Å². The van der Waals surface area contributed by atoms with Gasteiger partial charge in [-0.15, -0.1) is 0 Å². The summed E-state index contributed by atoms with van der Waals surface area (Å²) < 4.78 is 0. The predicted molar refractivity (Wildman–Crippen MR) is 76.1 cm³/mol. The van der Waals surface area contributed by atoms with Crippen LogP contribution in [0.1, 0.15) is 72.6 Å². The Hall–Kier alpha value is -0.590. The van der Waals surface area contributed by atoms with E-state index in [0.717, 1.165) is 6.42 Å². The van der Waals surface area contributed by atoms with E-state index in [1.165, 1.54) is 44.1 Å². The second-order valence-corrected chi connectivity index (χ2v) is 5.36. The van der Waals surface area contributed by atoms with E-state index < -0.39 is 0 Å². The summed E-state index contributed by atoms with van der Waals surface area (Å²) in [5.41, 5.74) is 1.30. The molecule has 0 aromatic rings. The van der Waals surface area contributed by atoms with Crippen molar-refractivity contribution in [3.8, 4) is 0 Å². The van der Waals surface area contributed by atoms with Crippen molar-refractivity contribution in [3.63, 3.8) is 0 Å². The first-order chi connectivity index (χ1) is 8.02. The zero-order chi connectivity index (χ0) is 13.3. The Balaban J connectivity index is 4.24. The maximum absolute atomic E-state index is 11.3. The lowest BCUT2D eigenvalue weighted by atomic mass is 9.84. The second-order valence-electron chi connectivity index (χ2n) is 5.36. The van der Waals surface area contributed by atoms with Crippen molar-refractivity contribution < 1.29 is 4.79 Å². The maximum atomic E-state index is 11.3. The molecule has 0 saturated heterocycles.